The molecule has 0 aliphatic heterocycles. The van der Waals surface area contributed by atoms with Gasteiger partial charge in [0.2, 0.25) is 0 Å². The summed E-state index contributed by atoms with van der Waals surface area (Å²) in [4.78, 5) is 0. The number of hydrogen-bond acceptors (Lipinski definition) is 3. The minimum absolute atomic E-state index is 0.374. The zero-order valence-corrected chi connectivity index (χ0v) is 13.7. The average molecular weight is 391 g/mol. The van der Waals surface area contributed by atoms with E-state index in [1.54, 1.807) is 0 Å². The van der Waals surface area contributed by atoms with E-state index in [9.17, 15) is 0 Å². The van der Waals surface area contributed by atoms with Crippen molar-refractivity contribution in [1.82, 2.24) is 5.16 Å². The molecule has 3 rings (SSSR count). The molecule has 1 heterocycles. The van der Waals surface area contributed by atoms with Crippen molar-refractivity contribution in [1.29, 1.82) is 0 Å². The minimum atomic E-state index is 0.374. The molecule has 0 atom stereocenters. The highest BCUT2D eigenvalue weighted by Gasteiger charge is 2.08. The third-order valence-corrected chi connectivity index (χ3v) is 4.00. The zero-order valence-electron chi connectivity index (χ0n) is 11.5. The van der Waals surface area contributed by atoms with Crippen LogP contribution in [0.5, 0.6) is 5.75 Å². The minimum Gasteiger partial charge on any atom is -0.484 e. The first-order chi connectivity index (χ1) is 10.2. The molecule has 0 radical (unpaired) electrons. The van der Waals surface area contributed by atoms with Crippen molar-refractivity contribution in [3.8, 4) is 17.0 Å². The van der Waals surface area contributed by atoms with Crippen LogP contribution in [0.25, 0.3) is 11.3 Å². The Morgan fingerprint density at radius 3 is 2.62 bits per heavy atom. The van der Waals surface area contributed by atoms with E-state index in [0.717, 1.165) is 20.6 Å². The number of rotatable bonds is 4. The number of halogens is 1. The standard InChI is InChI=1S/C17H14INO2/c1-12-6-8-13(9-7-12)16-10-14(21-19-16)11-20-17-5-3-2-4-15(17)18/h2-10H,11H2,1H3. The lowest BCUT2D eigenvalue weighted by Gasteiger charge is -2.04. The molecule has 4 heteroatoms. The van der Waals surface area contributed by atoms with Crippen LogP contribution in [0.1, 0.15) is 11.3 Å². The van der Waals surface area contributed by atoms with Crippen LogP contribution >= 0.6 is 22.6 Å². The summed E-state index contributed by atoms with van der Waals surface area (Å²) in [6.07, 6.45) is 0. The Labute approximate surface area is 137 Å². The topological polar surface area (TPSA) is 35.3 Å². The second-order valence-electron chi connectivity index (χ2n) is 4.76. The fourth-order valence-electron chi connectivity index (χ4n) is 1.95. The van der Waals surface area contributed by atoms with E-state index in [2.05, 4.69) is 46.8 Å². The van der Waals surface area contributed by atoms with Gasteiger partial charge in [-0.3, -0.25) is 0 Å². The van der Waals surface area contributed by atoms with Crippen molar-refractivity contribution >= 4 is 22.6 Å². The highest BCUT2D eigenvalue weighted by molar-refractivity contribution is 14.1. The van der Waals surface area contributed by atoms with E-state index in [0.29, 0.717) is 12.4 Å². The van der Waals surface area contributed by atoms with Gasteiger partial charge in [0.15, 0.2) is 5.76 Å². The monoisotopic (exact) mass is 391 g/mol. The van der Waals surface area contributed by atoms with E-state index in [1.165, 1.54) is 5.56 Å². The average Bonchev–Trinajstić information content (AvgIpc) is 2.96. The maximum Gasteiger partial charge on any atom is 0.174 e. The first-order valence-electron chi connectivity index (χ1n) is 6.62. The van der Waals surface area contributed by atoms with Crippen LogP contribution < -0.4 is 4.74 Å². The summed E-state index contributed by atoms with van der Waals surface area (Å²) in [5, 5.41) is 4.09. The number of para-hydroxylation sites is 1. The van der Waals surface area contributed by atoms with Gasteiger partial charge in [0.05, 0.1) is 3.57 Å². The molecular formula is C17H14INO2. The number of aromatic nitrogens is 1. The van der Waals surface area contributed by atoms with Crippen LogP contribution in [-0.4, -0.2) is 5.16 Å². The Hall–Kier alpha value is -1.82. The van der Waals surface area contributed by atoms with Crippen LogP contribution in [0, 0.1) is 10.5 Å². The normalized spacial score (nSPS) is 10.6. The maximum absolute atomic E-state index is 5.75. The summed E-state index contributed by atoms with van der Waals surface area (Å²) in [6.45, 7) is 2.44. The van der Waals surface area contributed by atoms with E-state index < -0.39 is 0 Å². The predicted octanol–water partition coefficient (Wildman–Crippen LogP) is 4.83. The Bertz CT molecular complexity index is 735. The summed E-state index contributed by atoms with van der Waals surface area (Å²) >= 11 is 2.25. The van der Waals surface area contributed by atoms with Crippen LogP contribution in [0.2, 0.25) is 0 Å². The fraction of sp³-hybridized carbons (Fsp3) is 0.118. The van der Waals surface area contributed by atoms with Gasteiger partial charge in [0.1, 0.15) is 18.1 Å². The lowest BCUT2D eigenvalue weighted by atomic mass is 10.1. The van der Waals surface area contributed by atoms with Crippen LogP contribution in [0.3, 0.4) is 0 Å². The molecule has 0 aliphatic carbocycles. The quantitative estimate of drug-likeness (QED) is 0.598. The summed E-state index contributed by atoms with van der Waals surface area (Å²) < 4.78 is 12.2. The molecule has 0 spiro atoms. The second kappa shape index (κ2) is 6.30. The van der Waals surface area contributed by atoms with E-state index in [4.69, 9.17) is 9.26 Å². The molecule has 0 saturated carbocycles. The molecule has 2 aromatic carbocycles. The van der Waals surface area contributed by atoms with Crippen molar-refractivity contribution in [2.45, 2.75) is 13.5 Å². The van der Waals surface area contributed by atoms with Gasteiger partial charge >= 0.3 is 0 Å². The fourth-order valence-corrected chi connectivity index (χ4v) is 2.50. The van der Waals surface area contributed by atoms with Crippen LogP contribution in [0.15, 0.2) is 59.1 Å². The van der Waals surface area contributed by atoms with Crippen LogP contribution in [-0.2, 0) is 6.61 Å². The van der Waals surface area contributed by atoms with Crippen molar-refractivity contribution in [3.63, 3.8) is 0 Å². The first-order valence-corrected chi connectivity index (χ1v) is 7.70. The highest BCUT2D eigenvalue weighted by Crippen LogP contribution is 2.23. The zero-order chi connectivity index (χ0) is 14.7. The molecule has 0 amide bonds. The molecule has 0 fully saturated rings. The summed E-state index contributed by atoms with van der Waals surface area (Å²) in [7, 11) is 0. The second-order valence-corrected chi connectivity index (χ2v) is 5.93. The van der Waals surface area contributed by atoms with E-state index >= 15 is 0 Å². The smallest absolute Gasteiger partial charge is 0.174 e. The van der Waals surface area contributed by atoms with Crippen molar-refractivity contribution in [2.24, 2.45) is 0 Å². The highest BCUT2D eigenvalue weighted by atomic mass is 127. The van der Waals surface area contributed by atoms with Crippen molar-refractivity contribution < 1.29 is 9.26 Å². The number of hydrogen-bond donors (Lipinski definition) is 0. The Kier molecular flexibility index (Phi) is 4.24. The van der Waals surface area contributed by atoms with E-state index in [-0.39, 0.29) is 0 Å². The lowest BCUT2D eigenvalue weighted by Crippen LogP contribution is -1.95. The summed E-state index contributed by atoms with van der Waals surface area (Å²) in [5.41, 5.74) is 3.10. The lowest BCUT2D eigenvalue weighted by molar-refractivity contribution is 0.248. The molecule has 21 heavy (non-hydrogen) atoms. The van der Waals surface area contributed by atoms with Gasteiger partial charge in [-0.1, -0.05) is 47.1 Å². The molecule has 1 aromatic heterocycles. The Morgan fingerprint density at radius 1 is 1.10 bits per heavy atom. The predicted molar refractivity (Wildman–Crippen MR) is 90.2 cm³/mol. The van der Waals surface area contributed by atoms with E-state index in [1.807, 2.05) is 42.5 Å². The van der Waals surface area contributed by atoms with Gasteiger partial charge in [-0.2, -0.15) is 0 Å². The number of nitrogens with zero attached hydrogens (tertiary/aromatic N) is 1. The molecule has 3 nitrogen and oxygen atoms in total. The number of ether oxygens (including phenoxy) is 1. The van der Waals surface area contributed by atoms with Gasteiger partial charge in [-0.15, -0.1) is 0 Å². The Morgan fingerprint density at radius 2 is 1.86 bits per heavy atom. The van der Waals surface area contributed by atoms with Gasteiger partial charge < -0.3 is 9.26 Å². The van der Waals surface area contributed by atoms with Crippen molar-refractivity contribution in [3.05, 3.63) is 69.5 Å². The number of benzene rings is 2. The third-order valence-electron chi connectivity index (χ3n) is 3.11. The molecule has 0 aliphatic rings. The molecule has 3 aromatic rings. The van der Waals surface area contributed by atoms with Crippen molar-refractivity contribution in [2.75, 3.05) is 0 Å². The molecule has 0 unspecified atom stereocenters. The SMILES string of the molecule is Cc1ccc(-c2cc(COc3ccccc3I)on2)cc1. The van der Waals surface area contributed by atoms with Gasteiger partial charge in [0.25, 0.3) is 0 Å². The molecular weight excluding hydrogens is 377 g/mol. The third kappa shape index (κ3) is 3.44. The first kappa shape index (κ1) is 14.1. The largest absolute Gasteiger partial charge is 0.484 e. The Balaban J connectivity index is 1.71. The van der Waals surface area contributed by atoms with Gasteiger partial charge in [0, 0.05) is 11.6 Å². The molecule has 0 N–H and O–H groups in total. The molecule has 0 bridgehead atoms. The summed E-state index contributed by atoms with van der Waals surface area (Å²) in [6, 6.07) is 18.0. The van der Waals surface area contributed by atoms with Gasteiger partial charge in [-0.05, 0) is 41.6 Å². The van der Waals surface area contributed by atoms with Gasteiger partial charge in [-0.25, -0.2) is 0 Å². The maximum atomic E-state index is 5.75. The summed E-state index contributed by atoms with van der Waals surface area (Å²) in [5.74, 6) is 1.57. The molecule has 0 saturated heterocycles. The number of aryl methyl sites for hydroxylation is 1. The molecule has 106 valence electrons. The van der Waals surface area contributed by atoms with Crippen LogP contribution in [0.4, 0.5) is 0 Å².